The van der Waals surface area contributed by atoms with E-state index in [9.17, 15) is 4.39 Å². The van der Waals surface area contributed by atoms with Crippen molar-refractivity contribution in [3.8, 4) is 0 Å². The second kappa shape index (κ2) is 5.95. The molecule has 0 amide bonds. The highest BCUT2D eigenvalue weighted by atomic mass is 79.9. The number of halogens is 2. The van der Waals surface area contributed by atoms with Gasteiger partial charge in [-0.3, -0.25) is 0 Å². The Kier molecular flexibility index (Phi) is 4.66. The zero-order chi connectivity index (χ0) is 14.9. The zero-order valence-corrected chi connectivity index (χ0v) is 14.9. The fourth-order valence-electron chi connectivity index (χ4n) is 1.94. The summed E-state index contributed by atoms with van der Waals surface area (Å²) in [6, 6.07) is 4.78. The number of hydrogen-bond acceptors (Lipinski definition) is 2. The molecule has 0 aliphatic carbocycles. The maximum atomic E-state index is 13.6. The highest BCUT2D eigenvalue weighted by Gasteiger charge is 2.15. The molecule has 3 nitrogen and oxygen atoms in total. The van der Waals surface area contributed by atoms with Gasteiger partial charge in [-0.25, -0.2) is 4.98 Å². The SMILES string of the molecule is CC(OCC[Si](C)(C)C)n1ccc2cc(Br)c(F)nc21. The van der Waals surface area contributed by atoms with Crippen molar-refractivity contribution in [2.24, 2.45) is 0 Å². The standard InChI is InChI=1S/C14H20BrFN2OSi/c1-10(19-7-8-20(2,3)4)18-6-5-11-9-12(15)13(16)17-14(11)18/h5-6,9-10H,7-8H2,1-4H3. The smallest absolute Gasteiger partial charge is 0.229 e. The van der Waals surface area contributed by atoms with Crippen LogP contribution in [-0.4, -0.2) is 24.2 Å². The number of fused-ring (bicyclic) bond motifs is 1. The Bertz CT molecular complexity index is 609. The molecule has 0 spiro atoms. The Morgan fingerprint density at radius 1 is 1.45 bits per heavy atom. The van der Waals surface area contributed by atoms with Gasteiger partial charge in [0.1, 0.15) is 11.9 Å². The van der Waals surface area contributed by atoms with E-state index in [4.69, 9.17) is 4.74 Å². The van der Waals surface area contributed by atoms with Gasteiger partial charge >= 0.3 is 0 Å². The topological polar surface area (TPSA) is 27.1 Å². The lowest BCUT2D eigenvalue weighted by molar-refractivity contribution is 0.0271. The fraction of sp³-hybridized carbons (Fsp3) is 0.500. The van der Waals surface area contributed by atoms with E-state index in [2.05, 4.69) is 40.6 Å². The zero-order valence-electron chi connectivity index (χ0n) is 12.3. The largest absolute Gasteiger partial charge is 0.359 e. The van der Waals surface area contributed by atoms with Gasteiger partial charge in [0.2, 0.25) is 5.95 Å². The van der Waals surface area contributed by atoms with Crippen molar-refractivity contribution in [3.63, 3.8) is 0 Å². The number of aromatic nitrogens is 2. The molecule has 2 aromatic rings. The van der Waals surface area contributed by atoms with Crippen molar-refractivity contribution < 1.29 is 9.13 Å². The highest BCUT2D eigenvalue weighted by Crippen LogP contribution is 2.24. The number of nitrogens with zero attached hydrogens (tertiary/aromatic N) is 2. The maximum absolute atomic E-state index is 13.6. The molecule has 2 aromatic heterocycles. The fourth-order valence-corrected chi connectivity index (χ4v) is 3.01. The Balaban J connectivity index is 2.14. The van der Waals surface area contributed by atoms with E-state index in [1.165, 1.54) is 0 Å². The summed E-state index contributed by atoms with van der Waals surface area (Å²) in [7, 11) is -1.10. The number of rotatable bonds is 5. The Morgan fingerprint density at radius 3 is 2.80 bits per heavy atom. The summed E-state index contributed by atoms with van der Waals surface area (Å²) in [5, 5.41) is 0.902. The van der Waals surface area contributed by atoms with Crippen molar-refractivity contribution in [1.82, 2.24) is 9.55 Å². The molecule has 0 saturated heterocycles. The quantitative estimate of drug-likeness (QED) is 0.566. The number of hydrogen-bond donors (Lipinski definition) is 0. The van der Waals surface area contributed by atoms with Crippen molar-refractivity contribution in [2.45, 2.75) is 38.8 Å². The van der Waals surface area contributed by atoms with Crippen LogP contribution in [0.4, 0.5) is 4.39 Å². The van der Waals surface area contributed by atoms with Crippen LogP contribution in [0.15, 0.2) is 22.8 Å². The van der Waals surface area contributed by atoms with Gasteiger partial charge in [0.05, 0.1) is 4.47 Å². The lowest BCUT2D eigenvalue weighted by atomic mass is 10.3. The van der Waals surface area contributed by atoms with E-state index in [0.717, 1.165) is 18.0 Å². The minimum atomic E-state index is -1.10. The third kappa shape index (κ3) is 3.68. The third-order valence-electron chi connectivity index (χ3n) is 3.20. The molecule has 0 fully saturated rings. The Morgan fingerprint density at radius 2 is 2.15 bits per heavy atom. The van der Waals surface area contributed by atoms with Crippen LogP contribution in [0.3, 0.4) is 0 Å². The molecule has 0 saturated carbocycles. The van der Waals surface area contributed by atoms with Crippen molar-refractivity contribution >= 4 is 35.0 Å². The van der Waals surface area contributed by atoms with Crippen molar-refractivity contribution in [1.29, 1.82) is 0 Å². The van der Waals surface area contributed by atoms with Gasteiger partial charge in [-0.1, -0.05) is 19.6 Å². The summed E-state index contributed by atoms with van der Waals surface area (Å²) >= 11 is 3.15. The third-order valence-corrected chi connectivity index (χ3v) is 5.46. The Labute approximate surface area is 128 Å². The van der Waals surface area contributed by atoms with Crippen molar-refractivity contribution in [2.75, 3.05) is 6.61 Å². The molecular weight excluding hydrogens is 339 g/mol. The summed E-state index contributed by atoms with van der Waals surface area (Å²) in [5.41, 5.74) is 0.617. The first-order valence-corrected chi connectivity index (χ1v) is 11.2. The average Bonchev–Trinajstić information content (AvgIpc) is 2.71. The average molecular weight is 359 g/mol. The first-order valence-electron chi connectivity index (χ1n) is 6.72. The molecule has 0 N–H and O–H groups in total. The molecular formula is C14H20BrFN2OSi. The predicted octanol–water partition coefficient (Wildman–Crippen LogP) is 4.81. The summed E-state index contributed by atoms with van der Waals surface area (Å²) < 4.78 is 21.7. The lowest BCUT2D eigenvalue weighted by Gasteiger charge is -2.20. The normalized spacial score (nSPS) is 13.9. The van der Waals surface area contributed by atoms with Gasteiger partial charge in [0.15, 0.2) is 0 Å². The molecule has 0 aliphatic rings. The van der Waals surface area contributed by atoms with E-state index in [-0.39, 0.29) is 6.23 Å². The van der Waals surface area contributed by atoms with Gasteiger partial charge in [0.25, 0.3) is 0 Å². The molecule has 0 radical (unpaired) electrons. The molecule has 20 heavy (non-hydrogen) atoms. The van der Waals surface area contributed by atoms with Gasteiger partial charge in [-0.15, -0.1) is 0 Å². The van der Waals surface area contributed by atoms with E-state index < -0.39 is 14.0 Å². The number of ether oxygens (including phenoxy) is 1. The van der Waals surface area contributed by atoms with E-state index in [1.54, 1.807) is 6.07 Å². The highest BCUT2D eigenvalue weighted by molar-refractivity contribution is 9.10. The molecule has 0 bridgehead atoms. The minimum absolute atomic E-state index is 0.142. The molecule has 6 heteroatoms. The second-order valence-electron chi connectivity index (χ2n) is 6.18. The van der Waals surface area contributed by atoms with Crippen LogP contribution in [0.1, 0.15) is 13.2 Å². The first-order chi connectivity index (χ1) is 9.28. The number of pyridine rings is 1. The summed E-state index contributed by atoms with van der Waals surface area (Å²) in [5.74, 6) is -0.494. The molecule has 2 heterocycles. The maximum Gasteiger partial charge on any atom is 0.229 e. The lowest BCUT2D eigenvalue weighted by Crippen LogP contribution is -2.22. The van der Waals surface area contributed by atoms with Crippen LogP contribution in [-0.2, 0) is 4.74 Å². The van der Waals surface area contributed by atoms with Crippen molar-refractivity contribution in [3.05, 3.63) is 28.7 Å². The summed E-state index contributed by atoms with van der Waals surface area (Å²) in [4.78, 5) is 3.99. The molecule has 1 atom stereocenters. The second-order valence-corrected chi connectivity index (χ2v) is 12.7. The van der Waals surface area contributed by atoms with Crippen LogP contribution < -0.4 is 0 Å². The van der Waals surface area contributed by atoms with E-state index in [0.29, 0.717) is 10.1 Å². The van der Waals surface area contributed by atoms with Crippen LogP contribution in [0.5, 0.6) is 0 Å². The van der Waals surface area contributed by atoms with E-state index in [1.807, 2.05) is 23.8 Å². The molecule has 0 aliphatic heterocycles. The molecule has 0 aromatic carbocycles. The van der Waals surface area contributed by atoms with E-state index >= 15 is 0 Å². The van der Waals surface area contributed by atoms with Crippen LogP contribution in [0.2, 0.25) is 25.7 Å². The summed E-state index contributed by atoms with van der Waals surface area (Å²) in [6.07, 6.45) is 1.75. The minimum Gasteiger partial charge on any atom is -0.359 e. The van der Waals surface area contributed by atoms with Crippen LogP contribution in [0, 0.1) is 5.95 Å². The first kappa shape index (κ1) is 15.7. The van der Waals surface area contributed by atoms with Gasteiger partial charge < -0.3 is 9.30 Å². The Hall–Kier alpha value is -0.723. The van der Waals surface area contributed by atoms with Gasteiger partial charge in [0, 0.05) is 26.3 Å². The van der Waals surface area contributed by atoms with Gasteiger partial charge in [-0.2, -0.15) is 4.39 Å². The summed E-state index contributed by atoms with van der Waals surface area (Å²) in [6.45, 7) is 9.66. The molecule has 1 unspecified atom stereocenters. The van der Waals surface area contributed by atoms with Crippen LogP contribution in [0.25, 0.3) is 11.0 Å². The monoisotopic (exact) mass is 358 g/mol. The molecule has 2 rings (SSSR count). The van der Waals surface area contributed by atoms with Crippen LogP contribution >= 0.6 is 15.9 Å². The predicted molar refractivity (Wildman–Crippen MR) is 86.2 cm³/mol. The van der Waals surface area contributed by atoms with Gasteiger partial charge in [-0.05, 0) is 41.0 Å². The molecule has 110 valence electrons.